The number of hydrogen-bond donors (Lipinski definition) is 0. The maximum Gasteiger partial charge on any atom is 0.107 e. The summed E-state index contributed by atoms with van der Waals surface area (Å²) in [5.74, 6) is 0. The Bertz CT molecular complexity index is 612. The van der Waals surface area contributed by atoms with Crippen LogP contribution in [0.2, 0.25) is 0 Å². The van der Waals surface area contributed by atoms with Gasteiger partial charge in [-0.1, -0.05) is 0 Å². The van der Waals surface area contributed by atoms with E-state index >= 15 is 0 Å². The standard InChI is InChI=1S/C15H20N4OS/c1-11-6-16-19(7-11)12-2-4-18(8-12)9-15-17-13-3-5-20-10-14(13)21-15/h6-7,12H,2-5,8-10H2,1H3. The van der Waals surface area contributed by atoms with E-state index in [0.717, 1.165) is 39.3 Å². The summed E-state index contributed by atoms with van der Waals surface area (Å²) in [6.45, 7) is 6.84. The van der Waals surface area contributed by atoms with Gasteiger partial charge in [0.1, 0.15) is 5.01 Å². The minimum atomic E-state index is 0.511. The molecule has 2 aromatic rings. The van der Waals surface area contributed by atoms with E-state index < -0.39 is 0 Å². The molecule has 0 aliphatic carbocycles. The highest BCUT2D eigenvalue weighted by Gasteiger charge is 2.25. The molecule has 0 spiro atoms. The molecule has 6 heteroatoms. The number of aryl methyl sites for hydroxylation is 1. The van der Waals surface area contributed by atoms with Crippen LogP contribution in [0.4, 0.5) is 0 Å². The van der Waals surface area contributed by atoms with Gasteiger partial charge in [0, 0.05) is 25.7 Å². The van der Waals surface area contributed by atoms with Crippen LogP contribution in [-0.4, -0.2) is 39.4 Å². The molecule has 2 aliphatic heterocycles. The molecule has 5 nitrogen and oxygen atoms in total. The Morgan fingerprint density at radius 2 is 2.43 bits per heavy atom. The van der Waals surface area contributed by atoms with Gasteiger partial charge in [0.2, 0.25) is 0 Å². The van der Waals surface area contributed by atoms with E-state index in [1.807, 2.05) is 17.5 Å². The smallest absolute Gasteiger partial charge is 0.107 e. The number of hydrogen-bond acceptors (Lipinski definition) is 5. The lowest BCUT2D eigenvalue weighted by atomic mass is 10.2. The van der Waals surface area contributed by atoms with Crippen molar-refractivity contribution in [3.63, 3.8) is 0 Å². The van der Waals surface area contributed by atoms with Crippen LogP contribution in [-0.2, 0) is 24.3 Å². The van der Waals surface area contributed by atoms with E-state index in [9.17, 15) is 0 Å². The quantitative estimate of drug-likeness (QED) is 0.871. The van der Waals surface area contributed by atoms with Crippen molar-refractivity contribution in [3.05, 3.63) is 33.5 Å². The zero-order valence-electron chi connectivity index (χ0n) is 12.3. The lowest BCUT2D eigenvalue weighted by Crippen LogP contribution is -2.21. The lowest BCUT2D eigenvalue weighted by Gasteiger charge is -2.14. The molecular formula is C15H20N4OS. The second kappa shape index (κ2) is 5.51. The first kappa shape index (κ1) is 13.4. The molecular weight excluding hydrogens is 284 g/mol. The van der Waals surface area contributed by atoms with E-state index in [1.165, 1.54) is 27.6 Å². The van der Waals surface area contributed by atoms with E-state index in [1.54, 1.807) is 0 Å². The van der Waals surface area contributed by atoms with Gasteiger partial charge < -0.3 is 4.74 Å². The topological polar surface area (TPSA) is 43.2 Å². The first-order valence-corrected chi connectivity index (χ1v) is 8.38. The SMILES string of the molecule is Cc1cnn(C2CCN(Cc3nc4c(s3)COCC4)C2)c1. The van der Waals surface area contributed by atoms with E-state index in [4.69, 9.17) is 9.72 Å². The molecule has 4 heterocycles. The molecule has 1 fully saturated rings. The van der Waals surface area contributed by atoms with Gasteiger partial charge in [0.25, 0.3) is 0 Å². The first-order valence-electron chi connectivity index (χ1n) is 7.56. The van der Waals surface area contributed by atoms with Crippen LogP contribution in [0.25, 0.3) is 0 Å². The van der Waals surface area contributed by atoms with Crippen molar-refractivity contribution in [3.8, 4) is 0 Å². The Labute approximate surface area is 128 Å². The average Bonchev–Trinajstić information content (AvgIpc) is 3.17. The van der Waals surface area contributed by atoms with E-state index in [-0.39, 0.29) is 0 Å². The van der Waals surface area contributed by atoms with Gasteiger partial charge in [0.05, 0.1) is 42.6 Å². The summed E-state index contributed by atoms with van der Waals surface area (Å²) in [6.07, 6.45) is 6.24. The third-order valence-electron chi connectivity index (χ3n) is 4.25. The molecule has 0 amide bonds. The second-order valence-electron chi connectivity index (χ2n) is 5.96. The summed E-state index contributed by atoms with van der Waals surface area (Å²) < 4.78 is 7.62. The third kappa shape index (κ3) is 2.75. The molecule has 0 bridgehead atoms. The van der Waals surface area contributed by atoms with Gasteiger partial charge in [0.15, 0.2) is 0 Å². The summed E-state index contributed by atoms with van der Waals surface area (Å²) in [6, 6.07) is 0.511. The van der Waals surface area contributed by atoms with Crippen molar-refractivity contribution in [1.29, 1.82) is 0 Å². The highest BCUT2D eigenvalue weighted by molar-refractivity contribution is 7.11. The van der Waals surface area contributed by atoms with Gasteiger partial charge in [-0.25, -0.2) is 4.98 Å². The molecule has 4 rings (SSSR count). The number of ether oxygens (including phenoxy) is 1. The molecule has 2 aromatic heterocycles. The summed E-state index contributed by atoms with van der Waals surface area (Å²) in [4.78, 5) is 8.61. The summed E-state index contributed by atoms with van der Waals surface area (Å²) in [5.41, 5.74) is 2.50. The highest BCUT2D eigenvalue weighted by Crippen LogP contribution is 2.27. The monoisotopic (exact) mass is 304 g/mol. The predicted octanol–water partition coefficient (Wildman–Crippen LogP) is 2.17. The predicted molar refractivity (Wildman–Crippen MR) is 81.4 cm³/mol. The molecule has 1 saturated heterocycles. The summed E-state index contributed by atoms with van der Waals surface area (Å²) in [5, 5.41) is 5.69. The van der Waals surface area contributed by atoms with Crippen LogP contribution in [0.15, 0.2) is 12.4 Å². The molecule has 0 N–H and O–H groups in total. The fraction of sp³-hybridized carbons (Fsp3) is 0.600. The number of aromatic nitrogens is 3. The zero-order chi connectivity index (χ0) is 14.2. The highest BCUT2D eigenvalue weighted by atomic mass is 32.1. The van der Waals surface area contributed by atoms with Gasteiger partial charge in [-0.15, -0.1) is 11.3 Å². The molecule has 1 atom stereocenters. The average molecular weight is 304 g/mol. The van der Waals surface area contributed by atoms with Crippen LogP contribution in [0.1, 0.15) is 33.6 Å². The number of rotatable bonds is 3. The van der Waals surface area contributed by atoms with Crippen molar-refractivity contribution in [2.75, 3.05) is 19.7 Å². The Morgan fingerprint density at radius 1 is 1.48 bits per heavy atom. The molecule has 0 radical (unpaired) electrons. The molecule has 0 aromatic carbocycles. The molecule has 21 heavy (non-hydrogen) atoms. The normalized spacial score (nSPS) is 22.6. The first-order chi connectivity index (χ1) is 10.3. The summed E-state index contributed by atoms with van der Waals surface area (Å²) >= 11 is 1.82. The Kier molecular flexibility index (Phi) is 3.52. The lowest BCUT2D eigenvalue weighted by molar-refractivity contribution is 0.112. The molecule has 1 unspecified atom stereocenters. The van der Waals surface area contributed by atoms with Crippen LogP contribution < -0.4 is 0 Å². The van der Waals surface area contributed by atoms with Crippen molar-refractivity contribution in [1.82, 2.24) is 19.7 Å². The maximum atomic E-state index is 5.50. The Hall–Kier alpha value is -1.24. The van der Waals surface area contributed by atoms with Gasteiger partial charge in [-0.3, -0.25) is 9.58 Å². The number of nitrogens with zero attached hydrogens (tertiary/aromatic N) is 4. The van der Waals surface area contributed by atoms with Gasteiger partial charge in [-0.05, 0) is 18.9 Å². The second-order valence-corrected chi connectivity index (χ2v) is 7.12. The van der Waals surface area contributed by atoms with Crippen LogP contribution in [0.3, 0.4) is 0 Å². The van der Waals surface area contributed by atoms with E-state index in [2.05, 4.69) is 27.8 Å². The minimum absolute atomic E-state index is 0.511. The summed E-state index contributed by atoms with van der Waals surface area (Å²) in [7, 11) is 0. The number of fused-ring (bicyclic) bond motifs is 1. The van der Waals surface area contributed by atoms with Gasteiger partial charge >= 0.3 is 0 Å². The van der Waals surface area contributed by atoms with Crippen LogP contribution in [0, 0.1) is 6.92 Å². The molecule has 2 aliphatic rings. The fourth-order valence-electron chi connectivity index (χ4n) is 3.14. The van der Waals surface area contributed by atoms with Crippen molar-refractivity contribution >= 4 is 11.3 Å². The van der Waals surface area contributed by atoms with Crippen molar-refractivity contribution < 1.29 is 4.74 Å². The molecule has 112 valence electrons. The van der Waals surface area contributed by atoms with Crippen LogP contribution >= 0.6 is 11.3 Å². The van der Waals surface area contributed by atoms with Crippen LogP contribution in [0.5, 0.6) is 0 Å². The van der Waals surface area contributed by atoms with Gasteiger partial charge in [-0.2, -0.15) is 5.10 Å². The zero-order valence-corrected chi connectivity index (χ0v) is 13.1. The minimum Gasteiger partial charge on any atom is -0.375 e. The Morgan fingerprint density at radius 3 is 3.24 bits per heavy atom. The fourth-order valence-corrected chi connectivity index (χ4v) is 4.24. The molecule has 0 saturated carbocycles. The number of thiazole rings is 1. The van der Waals surface area contributed by atoms with Crippen molar-refractivity contribution in [2.24, 2.45) is 0 Å². The largest absolute Gasteiger partial charge is 0.375 e. The van der Waals surface area contributed by atoms with Crippen molar-refractivity contribution in [2.45, 2.75) is 39.0 Å². The number of likely N-dealkylation sites (tertiary alicyclic amines) is 1. The Balaban J connectivity index is 1.41. The van der Waals surface area contributed by atoms with E-state index in [0.29, 0.717) is 6.04 Å². The third-order valence-corrected chi connectivity index (χ3v) is 5.31. The maximum absolute atomic E-state index is 5.50.